The topological polar surface area (TPSA) is 65.0 Å². The smallest absolute Gasteiger partial charge is 0.320 e. The average molecular weight is 169 g/mol. The van der Waals surface area contributed by atoms with Gasteiger partial charge in [-0.25, -0.2) is 4.79 Å². The lowest BCUT2D eigenvalue weighted by Crippen LogP contribution is -2.28. The highest BCUT2D eigenvalue weighted by Gasteiger charge is 2.24. The van der Waals surface area contributed by atoms with Crippen molar-refractivity contribution in [2.45, 2.75) is 38.6 Å². The average Bonchev–Trinajstić information content (AvgIpc) is 2.31. The van der Waals surface area contributed by atoms with Crippen molar-refractivity contribution in [1.29, 1.82) is 5.41 Å². The molecule has 0 bridgehead atoms. The first-order valence-corrected chi connectivity index (χ1v) is 4.40. The molecule has 1 aliphatic heterocycles. The van der Waals surface area contributed by atoms with Gasteiger partial charge in [-0.05, 0) is 6.42 Å². The first kappa shape index (κ1) is 9.03. The number of hydrogen-bond donors (Lipinski definition) is 3. The molecule has 1 atom stereocenters. The Hall–Kier alpha value is -1.06. The molecule has 2 amide bonds. The van der Waals surface area contributed by atoms with Crippen molar-refractivity contribution in [1.82, 2.24) is 10.6 Å². The van der Waals surface area contributed by atoms with Gasteiger partial charge < -0.3 is 5.32 Å². The molecule has 1 aliphatic rings. The summed E-state index contributed by atoms with van der Waals surface area (Å²) in [4.78, 5) is 10.7. The van der Waals surface area contributed by atoms with E-state index in [1.807, 2.05) is 0 Å². The van der Waals surface area contributed by atoms with E-state index in [1.54, 1.807) is 0 Å². The van der Waals surface area contributed by atoms with Gasteiger partial charge in [0, 0.05) is 0 Å². The molecule has 12 heavy (non-hydrogen) atoms. The van der Waals surface area contributed by atoms with Crippen LogP contribution in [0.1, 0.15) is 32.6 Å². The number of rotatable bonds is 4. The summed E-state index contributed by atoms with van der Waals surface area (Å²) in [5.41, 5.74) is 0. The van der Waals surface area contributed by atoms with E-state index in [4.69, 9.17) is 5.41 Å². The van der Waals surface area contributed by atoms with E-state index >= 15 is 0 Å². The number of unbranched alkanes of at least 4 members (excludes halogenated alkanes) is 2. The molecule has 4 heteroatoms. The molecule has 1 rings (SSSR count). The maximum atomic E-state index is 10.7. The Morgan fingerprint density at radius 2 is 2.25 bits per heavy atom. The Morgan fingerprint density at radius 3 is 2.75 bits per heavy atom. The van der Waals surface area contributed by atoms with Gasteiger partial charge in [-0.15, -0.1) is 0 Å². The van der Waals surface area contributed by atoms with Crippen LogP contribution >= 0.6 is 0 Å². The van der Waals surface area contributed by atoms with E-state index in [0.29, 0.717) is 5.84 Å². The molecule has 0 spiro atoms. The maximum Gasteiger partial charge on any atom is 0.320 e. The number of nitrogens with one attached hydrogen (secondary N) is 3. The van der Waals surface area contributed by atoms with Crippen molar-refractivity contribution in [3.8, 4) is 0 Å². The fourth-order valence-electron chi connectivity index (χ4n) is 1.29. The Balaban J connectivity index is 2.24. The van der Waals surface area contributed by atoms with Crippen LogP contribution in [0.3, 0.4) is 0 Å². The van der Waals surface area contributed by atoms with Gasteiger partial charge in [0.2, 0.25) is 0 Å². The summed E-state index contributed by atoms with van der Waals surface area (Å²) in [7, 11) is 0. The molecule has 1 heterocycles. The van der Waals surface area contributed by atoms with Gasteiger partial charge in [-0.2, -0.15) is 0 Å². The number of amides is 2. The third kappa shape index (κ3) is 2.22. The van der Waals surface area contributed by atoms with Gasteiger partial charge in [0.15, 0.2) is 0 Å². The largest absolute Gasteiger partial charge is 0.328 e. The predicted molar refractivity (Wildman–Crippen MR) is 47.3 cm³/mol. The second-order valence-electron chi connectivity index (χ2n) is 3.06. The van der Waals surface area contributed by atoms with Crippen molar-refractivity contribution >= 4 is 11.9 Å². The number of urea groups is 1. The van der Waals surface area contributed by atoms with Crippen molar-refractivity contribution < 1.29 is 4.79 Å². The summed E-state index contributed by atoms with van der Waals surface area (Å²) in [5, 5.41) is 12.5. The Kier molecular flexibility index (Phi) is 3.08. The number of hydrogen-bond acceptors (Lipinski definition) is 2. The summed E-state index contributed by atoms with van der Waals surface area (Å²) >= 11 is 0. The van der Waals surface area contributed by atoms with Gasteiger partial charge in [0.25, 0.3) is 0 Å². The molecule has 1 fully saturated rings. The second-order valence-corrected chi connectivity index (χ2v) is 3.06. The van der Waals surface area contributed by atoms with Crippen LogP contribution in [-0.2, 0) is 0 Å². The van der Waals surface area contributed by atoms with Crippen molar-refractivity contribution in [3.05, 3.63) is 0 Å². The SMILES string of the molecule is CCCCCC1NC(=O)NC1=N. The summed E-state index contributed by atoms with van der Waals surface area (Å²) in [6.07, 6.45) is 4.29. The van der Waals surface area contributed by atoms with Crippen LogP contribution in [-0.4, -0.2) is 17.9 Å². The molecular weight excluding hydrogens is 154 g/mol. The highest BCUT2D eigenvalue weighted by molar-refractivity contribution is 6.05. The van der Waals surface area contributed by atoms with E-state index in [2.05, 4.69) is 17.6 Å². The Labute approximate surface area is 72.2 Å². The van der Waals surface area contributed by atoms with Gasteiger partial charge >= 0.3 is 6.03 Å². The second kappa shape index (κ2) is 4.09. The molecule has 1 saturated heterocycles. The lowest BCUT2D eigenvalue weighted by molar-refractivity contribution is 0.247. The fraction of sp³-hybridized carbons (Fsp3) is 0.750. The summed E-state index contributed by atoms with van der Waals surface area (Å²) in [5.74, 6) is 0.316. The maximum absolute atomic E-state index is 10.7. The monoisotopic (exact) mass is 169 g/mol. The fourth-order valence-corrected chi connectivity index (χ4v) is 1.29. The standard InChI is InChI=1S/C8H15N3O/c1-2-3-4-5-6-7(9)11-8(12)10-6/h6H,2-5H2,1H3,(H3,9,10,11,12). The molecule has 4 nitrogen and oxygen atoms in total. The van der Waals surface area contributed by atoms with E-state index in [0.717, 1.165) is 12.8 Å². The molecule has 1 unspecified atom stereocenters. The first-order chi connectivity index (χ1) is 5.74. The summed E-state index contributed by atoms with van der Waals surface area (Å²) in [6.45, 7) is 2.14. The quantitative estimate of drug-likeness (QED) is 0.544. The number of carbonyl (C=O) groups is 1. The van der Waals surface area contributed by atoms with E-state index in [-0.39, 0.29) is 12.1 Å². The van der Waals surface area contributed by atoms with Gasteiger partial charge in [-0.1, -0.05) is 26.2 Å². The molecule has 3 N–H and O–H groups in total. The van der Waals surface area contributed by atoms with Crippen LogP contribution in [0.5, 0.6) is 0 Å². The molecule has 0 aromatic carbocycles. The molecular formula is C8H15N3O. The van der Waals surface area contributed by atoms with Crippen LogP contribution < -0.4 is 10.6 Å². The lowest BCUT2D eigenvalue weighted by atomic mass is 10.1. The minimum absolute atomic E-state index is 0.0657. The first-order valence-electron chi connectivity index (χ1n) is 4.40. The zero-order valence-corrected chi connectivity index (χ0v) is 7.31. The molecule has 0 aromatic rings. The van der Waals surface area contributed by atoms with Crippen LogP contribution in [0.25, 0.3) is 0 Å². The minimum Gasteiger partial charge on any atom is -0.328 e. The van der Waals surface area contributed by atoms with Crippen molar-refractivity contribution in [2.24, 2.45) is 0 Å². The number of amidine groups is 1. The molecule has 0 radical (unpaired) electrons. The molecule has 0 saturated carbocycles. The predicted octanol–water partition coefficient (Wildman–Crippen LogP) is 1.23. The van der Waals surface area contributed by atoms with Crippen LogP contribution in [0.4, 0.5) is 4.79 Å². The highest BCUT2D eigenvalue weighted by Crippen LogP contribution is 2.06. The van der Waals surface area contributed by atoms with Gasteiger partial charge in [0.1, 0.15) is 5.84 Å². The third-order valence-electron chi connectivity index (χ3n) is 2.00. The van der Waals surface area contributed by atoms with Gasteiger partial charge in [0.05, 0.1) is 6.04 Å². The zero-order chi connectivity index (χ0) is 8.97. The van der Waals surface area contributed by atoms with E-state index in [1.165, 1.54) is 12.8 Å². The van der Waals surface area contributed by atoms with E-state index in [9.17, 15) is 4.79 Å². The zero-order valence-electron chi connectivity index (χ0n) is 7.31. The molecule has 68 valence electrons. The Morgan fingerprint density at radius 1 is 1.50 bits per heavy atom. The van der Waals surface area contributed by atoms with Crippen molar-refractivity contribution in [2.75, 3.05) is 0 Å². The molecule has 0 aromatic heterocycles. The van der Waals surface area contributed by atoms with Gasteiger partial charge in [-0.3, -0.25) is 10.7 Å². The van der Waals surface area contributed by atoms with Crippen LogP contribution in [0, 0.1) is 5.41 Å². The third-order valence-corrected chi connectivity index (χ3v) is 2.00. The normalized spacial score (nSPS) is 22.2. The van der Waals surface area contributed by atoms with Crippen molar-refractivity contribution in [3.63, 3.8) is 0 Å². The lowest BCUT2D eigenvalue weighted by Gasteiger charge is -2.06. The summed E-state index contributed by atoms with van der Waals surface area (Å²) < 4.78 is 0. The number of carbonyl (C=O) groups excluding carboxylic acids is 1. The summed E-state index contributed by atoms with van der Waals surface area (Å²) in [6, 6.07) is -0.300. The highest BCUT2D eigenvalue weighted by atomic mass is 16.2. The van der Waals surface area contributed by atoms with Crippen LogP contribution in [0.15, 0.2) is 0 Å². The van der Waals surface area contributed by atoms with Crippen LogP contribution in [0.2, 0.25) is 0 Å². The minimum atomic E-state index is -0.235. The Bertz CT molecular complexity index is 191. The van der Waals surface area contributed by atoms with E-state index < -0.39 is 0 Å². The molecule has 0 aliphatic carbocycles.